The molecule has 0 radical (unpaired) electrons. The fraction of sp³-hybridized carbons (Fsp3) is 0.222. The second kappa shape index (κ2) is 7.98. The lowest BCUT2D eigenvalue weighted by Crippen LogP contribution is -2.24. The van der Waals surface area contributed by atoms with Crippen LogP contribution in [0.25, 0.3) is 11.1 Å². The van der Waals surface area contributed by atoms with Gasteiger partial charge in [0, 0.05) is 30.6 Å². The summed E-state index contributed by atoms with van der Waals surface area (Å²) in [7, 11) is 0. The smallest absolute Gasteiger partial charge is 0.224 e. The Kier molecular flexibility index (Phi) is 5.74. The number of carbonyl (C=O) groups excluding carboxylic acids is 2. The lowest BCUT2D eigenvalue weighted by molar-refractivity contribution is -0.124. The molecular formula is C18H20N2O3. The minimum atomic E-state index is -0.235. The number of rotatable bonds is 6. The Morgan fingerprint density at radius 1 is 1.00 bits per heavy atom. The molecule has 0 aliphatic heterocycles. The molecular weight excluding hydrogens is 292 g/mol. The van der Waals surface area contributed by atoms with E-state index in [0.717, 1.165) is 5.56 Å². The van der Waals surface area contributed by atoms with E-state index in [0.29, 0.717) is 17.8 Å². The number of hydrogen-bond donors (Lipinski definition) is 3. The van der Waals surface area contributed by atoms with Crippen LogP contribution in [0.5, 0.6) is 5.75 Å². The van der Waals surface area contributed by atoms with E-state index in [1.54, 1.807) is 18.2 Å². The predicted molar refractivity (Wildman–Crippen MR) is 90.1 cm³/mol. The summed E-state index contributed by atoms with van der Waals surface area (Å²) in [6.07, 6.45) is 0.274. The van der Waals surface area contributed by atoms with Gasteiger partial charge in [-0.25, -0.2) is 0 Å². The molecule has 2 aromatic carbocycles. The number of amides is 2. The zero-order valence-electron chi connectivity index (χ0n) is 13.0. The number of hydrogen-bond acceptors (Lipinski definition) is 3. The van der Waals surface area contributed by atoms with E-state index in [2.05, 4.69) is 10.6 Å². The van der Waals surface area contributed by atoms with Crippen molar-refractivity contribution < 1.29 is 14.7 Å². The van der Waals surface area contributed by atoms with Gasteiger partial charge in [0.1, 0.15) is 5.75 Å². The molecule has 0 bridgehead atoms. The molecule has 2 amide bonds. The van der Waals surface area contributed by atoms with Crippen molar-refractivity contribution in [3.8, 4) is 16.9 Å². The van der Waals surface area contributed by atoms with Crippen molar-refractivity contribution in [2.24, 2.45) is 0 Å². The average Bonchev–Trinajstić information content (AvgIpc) is 2.56. The van der Waals surface area contributed by atoms with E-state index in [1.807, 2.05) is 37.3 Å². The summed E-state index contributed by atoms with van der Waals surface area (Å²) >= 11 is 0. The van der Waals surface area contributed by atoms with Crippen LogP contribution in [0.4, 0.5) is 5.69 Å². The van der Waals surface area contributed by atoms with Gasteiger partial charge >= 0.3 is 0 Å². The summed E-state index contributed by atoms with van der Waals surface area (Å²) < 4.78 is 0. The van der Waals surface area contributed by atoms with Crippen molar-refractivity contribution in [2.75, 3.05) is 11.9 Å². The first-order chi connectivity index (χ1) is 11.1. The molecule has 0 saturated carbocycles. The van der Waals surface area contributed by atoms with Crippen LogP contribution in [0.3, 0.4) is 0 Å². The third kappa shape index (κ3) is 4.85. The SMILES string of the molecule is CCNC(=O)CCC(=O)Nc1ccc(O)c(-c2ccccc2)c1. The molecule has 2 rings (SSSR count). The summed E-state index contributed by atoms with van der Waals surface area (Å²) in [6, 6.07) is 14.3. The molecule has 0 aromatic heterocycles. The summed E-state index contributed by atoms with van der Waals surface area (Å²) in [4.78, 5) is 23.3. The maximum Gasteiger partial charge on any atom is 0.224 e. The number of phenols is 1. The van der Waals surface area contributed by atoms with Crippen LogP contribution in [0, 0.1) is 0 Å². The second-order valence-corrected chi connectivity index (χ2v) is 5.10. The van der Waals surface area contributed by atoms with Crippen molar-refractivity contribution in [3.63, 3.8) is 0 Å². The zero-order chi connectivity index (χ0) is 16.7. The van der Waals surface area contributed by atoms with Gasteiger partial charge in [-0.1, -0.05) is 30.3 Å². The maximum atomic E-state index is 11.9. The highest BCUT2D eigenvalue weighted by Crippen LogP contribution is 2.31. The molecule has 3 N–H and O–H groups in total. The van der Waals surface area contributed by atoms with Crippen LogP contribution in [0.1, 0.15) is 19.8 Å². The number of aromatic hydroxyl groups is 1. The van der Waals surface area contributed by atoms with Crippen molar-refractivity contribution >= 4 is 17.5 Å². The normalized spacial score (nSPS) is 10.1. The topological polar surface area (TPSA) is 78.4 Å². The lowest BCUT2D eigenvalue weighted by atomic mass is 10.0. The first-order valence-corrected chi connectivity index (χ1v) is 7.55. The van der Waals surface area contributed by atoms with Crippen molar-refractivity contribution in [1.29, 1.82) is 0 Å². The van der Waals surface area contributed by atoms with Gasteiger partial charge in [-0.3, -0.25) is 9.59 Å². The Balaban J connectivity index is 2.04. The van der Waals surface area contributed by atoms with Crippen LogP contribution in [-0.2, 0) is 9.59 Å². The highest BCUT2D eigenvalue weighted by molar-refractivity contribution is 5.94. The monoisotopic (exact) mass is 312 g/mol. The average molecular weight is 312 g/mol. The van der Waals surface area contributed by atoms with E-state index >= 15 is 0 Å². The molecule has 120 valence electrons. The molecule has 0 heterocycles. The van der Waals surface area contributed by atoms with Crippen LogP contribution in [0.15, 0.2) is 48.5 Å². The van der Waals surface area contributed by atoms with E-state index in [-0.39, 0.29) is 30.4 Å². The molecule has 0 spiro atoms. The Morgan fingerprint density at radius 3 is 2.39 bits per heavy atom. The van der Waals surface area contributed by atoms with Gasteiger partial charge < -0.3 is 15.7 Å². The molecule has 0 fully saturated rings. The predicted octanol–water partition coefficient (Wildman–Crippen LogP) is 2.91. The molecule has 0 saturated heterocycles. The highest BCUT2D eigenvalue weighted by atomic mass is 16.3. The van der Waals surface area contributed by atoms with Gasteiger partial charge in [-0.2, -0.15) is 0 Å². The summed E-state index contributed by atoms with van der Waals surface area (Å²) in [5.41, 5.74) is 2.10. The summed E-state index contributed by atoms with van der Waals surface area (Å²) in [5.74, 6) is -0.226. The molecule has 2 aromatic rings. The van der Waals surface area contributed by atoms with Crippen molar-refractivity contribution in [2.45, 2.75) is 19.8 Å². The quantitative estimate of drug-likeness (QED) is 0.718. The number of carbonyl (C=O) groups is 2. The van der Waals surface area contributed by atoms with Gasteiger partial charge in [-0.15, -0.1) is 0 Å². The number of nitrogens with one attached hydrogen (secondary N) is 2. The number of benzene rings is 2. The highest BCUT2D eigenvalue weighted by Gasteiger charge is 2.09. The van der Waals surface area contributed by atoms with E-state index in [1.165, 1.54) is 0 Å². The van der Waals surface area contributed by atoms with Crippen molar-refractivity contribution in [1.82, 2.24) is 5.32 Å². The Bertz CT molecular complexity index is 684. The maximum absolute atomic E-state index is 11.9. The second-order valence-electron chi connectivity index (χ2n) is 5.10. The molecule has 5 nitrogen and oxygen atoms in total. The summed E-state index contributed by atoms with van der Waals surface area (Å²) in [5, 5.41) is 15.4. The molecule has 5 heteroatoms. The van der Waals surface area contributed by atoms with E-state index in [4.69, 9.17) is 0 Å². The molecule has 23 heavy (non-hydrogen) atoms. The Hall–Kier alpha value is -2.82. The van der Waals surface area contributed by atoms with Crippen LogP contribution < -0.4 is 10.6 Å². The van der Waals surface area contributed by atoms with E-state index < -0.39 is 0 Å². The lowest BCUT2D eigenvalue weighted by Gasteiger charge is -2.09. The molecule has 0 atom stereocenters. The minimum Gasteiger partial charge on any atom is -0.507 e. The van der Waals surface area contributed by atoms with Crippen molar-refractivity contribution in [3.05, 3.63) is 48.5 Å². The first-order valence-electron chi connectivity index (χ1n) is 7.55. The van der Waals surface area contributed by atoms with Gasteiger partial charge in [0.05, 0.1) is 0 Å². The van der Waals surface area contributed by atoms with Crippen LogP contribution in [0.2, 0.25) is 0 Å². The first kappa shape index (κ1) is 16.5. The Labute approximate surface area is 135 Å². The van der Waals surface area contributed by atoms with Crippen LogP contribution in [-0.4, -0.2) is 23.5 Å². The Morgan fingerprint density at radius 2 is 1.70 bits per heavy atom. The largest absolute Gasteiger partial charge is 0.507 e. The van der Waals surface area contributed by atoms with E-state index in [9.17, 15) is 14.7 Å². The molecule has 0 unspecified atom stereocenters. The van der Waals surface area contributed by atoms with Gasteiger partial charge in [0.15, 0.2) is 0 Å². The standard InChI is InChI=1S/C18H20N2O3/c1-2-19-17(22)10-11-18(23)20-14-8-9-16(21)15(12-14)13-6-4-3-5-7-13/h3-9,12,21H,2,10-11H2,1H3,(H,19,22)(H,20,23). The third-order valence-corrected chi connectivity index (χ3v) is 3.32. The zero-order valence-corrected chi connectivity index (χ0v) is 13.0. The molecule has 0 aliphatic carbocycles. The third-order valence-electron chi connectivity index (χ3n) is 3.32. The fourth-order valence-electron chi connectivity index (χ4n) is 2.20. The van der Waals surface area contributed by atoms with Crippen LogP contribution >= 0.6 is 0 Å². The number of anilines is 1. The minimum absolute atomic E-state index is 0.118. The van der Waals surface area contributed by atoms with Gasteiger partial charge in [-0.05, 0) is 30.7 Å². The summed E-state index contributed by atoms with van der Waals surface area (Å²) in [6.45, 7) is 2.39. The number of phenolic OH excluding ortho intramolecular Hbond substituents is 1. The molecule has 0 aliphatic rings. The fourth-order valence-corrected chi connectivity index (χ4v) is 2.20. The van der Waals surface area contributed by atoms with Gasteiger partial charge in [0.2, 0.25) is 11.8 Å². The van der Waals surface area contributed by atoms with Gasteiger partial charge in [0.25, 0.3) is 0 Å².